The standard InChI is InChI=1S/C21H24N2O4S/c1-28(26,27)19-12-8-16(9-13-19)20(24)22-18-10-6-17(7-11-18)21(25)23-14-4-2-3-5-15-23/h6-13H,2-5,14-15H2,1H3,(H,22,24). The minimum absolute atomic E-state index is 0.0242. The summed E-state index contributed by atoms with van der Waals surface area (Å²) < 4.78 is 23.0. The fraction of sp³-hybridized carbons (Fsp3) is 0.333. The predicted octanol–water partition coefficient (Wildman–Crippen LogP) is 3.36. The third kappa shape index (κ3) is 4.98. The van der Waals surface area contributed by atoms with E-state index in [9.17, 15) is 18.0 Å². The number of sulfone groups is 1. The van der Waals surface area contributed by atoms with Crippen LogP contribution >= 0.6 is 0 Å². The topological polar surface area (TPSA) is 83.5 Å². The van der Waals surface area contributed by atoms with E-state index in [-0.39, 0.29) is 16.7 Å². The van der Waals surface area contributed by atoms with Gasteiger partial charge in [-0.05, 0) is 61.4 Å². The second-order valence-corrected chi connectivity index (χ2v) is 9.05. The van der Waals surface area contributed by atoms with Gasteiger partial charge in [0.05, 0.1) is 4.90 Å². The maximum atomic E-state index is 12.6. The molecule has 0 spiro atoms. The third-order valence-electron chi connectivity index (χ3n) is 4.83. The van der Waals surface area contributed by atoms with Crippen molar-refractivity contribution in [1.29, 1.82) is 0 Å². The molecule has 0 radical (unpaired) electrons. The van der Waals surface area contributed by atoms with Crippen LogP contribution in [-0.2, 0) is 9.84 Å². The maximum Gasteiger partial charge on any atom is 0.255 e. The van der Waals surface area contributed by atoms with E-state index >= 15 is 0 Å². The van der Waals surface area contributed by atoms with Gasteiger partial charge in [-0.3, -0.25) is 9.59 Å². The zero-order valence-electron chi connectivity index (χ0n) is 15.8. The van der Waals surface area contributed by atoms with Gasteiger partial charge in [0.2, 0.25) is 0 Å². The molecule has 0 aliphatic carbocycles. The Hall–Kier alpha value is -2.67. The predicted molar refractivity (Wildman–Crippen MR) is 108 cm³/mol. The van der Waals surface area contributed by atoms with E-state index in [1.807, 2.05) is 4.90 Å². The smallest absolute Gasteiger partial charge is 0.255 e. The highest BCUT2D eigenvalue weighted by atomic mass is 32.2. The average Bonchev–Trinajstić information content (AvgIpc) is 2.97. The third-order valence-corrected chi connectivity index (χ3v) is 5.96. The summed E-state index contributed by atoms with van der Waals surface area (Å²) in [5.41, 5.74) is 1.54. The Balaban J connectivity index is 1.65. The number of hydrogen-bond acceptors (Lipinski definition) is 4. The molecule has 1 aliphatic rings. The summed E-state index contributed by atoms with van der Waals surface area (Å²) in [5, 5.41) is 2.76. The molecular weight excluding hydrogens is 376 g/mol. The summed E-state index contributed by atoms with van der Waals surface area (Å²) in [4.78, 5) is 27.0. The molecule has 0 saturated carbocycles. The van der Waals surface area contributed by atoms with Crippen molar-refractivity contribution in [2.24, 2.45) is 0 Å². The molecule has 0 bridgehead atoms. The van der Waals surface area contributed by atoms with Crippen LogP contribution in [0.15, 0.2) is 53.4 Å². The van der Waals surface area contributed by atoms with Crippen molar-refractivity contribution in [1.82, 2.24) is 4.90 Å². The van der Waals surface area contributed by atoms with Gasteiger partial charge >= 0.3 is 0 Å². The van der Waals surface area contributed by atoms with Crippen LogP contribution < -0.4 is 5.32 Å². The lowest BCUT2D eigenvalue weighted by Crippen LogP contribution is -2.31. The van der Waals surface area contributed by atoms with E-state index < -0.39 is 9.84 Å². The van der Waals surface area contributed by atoms with Crippen LogP contribution in [-0.4, -0.2) is 44.5 Å². The molecule has 6 nitrogen and oxygen atoms in total. The van der Waals surface area contributed by atoms with Crippen molar-refractivity contribution < 1.29 is 18.0 Å². The van der Waals surface area contributed by atoms with Crippen molar-refractivity contribution in [3.63, 3.8) is 0 Å². The molecule has 2 aromatic rings. The van der Waals surface area contributed by atoms with Crippen molar-refractivity contribution in [3.8, 4) is 0 Å². The molecule has 1 aliphatic heterocycles. The summed E-state index contributed by atoms with van der Waals surface area (Å²) in [6, 6.07) is 12.6. The van der Waals surface area contributed by atoms with Gasteiger partial charge in [-0.15, -0.1) is 0 Å². The quantitative estimate of drug-likeness (QED) is 0.853. The molecule has 28 heavy (non-hydrogen) atoms. The van der Waals surface area contributed by atoms with Gasteiger partial charge in [-0.25, -0.2) is 8.42 Å². The van der Waals surface area contributed by atoms with Crippen molar-refractivity contribution >= 4 is 27.3 Å². The van der Waals surface area contributed by atoms with Crippen molar-refractivity contribution in [2.75, 3.05) is 24.7 Å². The van der Waals surface area contributed by atoms with E-state index in [2.05, 4.69) is 5.32 Å². The Kier molecular flexibility index (Phi) is 6.14. The largest absolute Gasteiger partial charge is 0.339 e. The molecule has 1 fully saturated rings. The van der Waals surface area contributed by atoms with Crippen LogP contribution in [0.4, 0.5) is 5.69 Å². The molecule has 148 valence electrons. The summed E-state index contributed by atoms with van der Waals surface area (Å²) in [6.07, 6.45) is 5.53. The molecule has 1 heterocycles. The number of carbonyl (C=O) groups is 2. The summed E-state index contributed by atoms with van der Waals surface area (Å²) in [6.45, 7) is 1.58. The number of carbonyl (C=O) groups excluding carboxylic acids is 2. The second kappa shape index (κ2) is 8.56. The van der Waals surface area contributed by atoms with Gasteiger partial charge in [0, 0.05) is 36.2 Å². The van der Waals surface area contributed by atoms with Gasteiger partial charge in [0.15, 0.2) is 9.84 Å². The van der Waals surface area contributed by atoms with E-state index in [0.29, 0.717) is 16.8 Å². The minimum Gasteiger partial charge on any atom is -0.339 e. The van der Waals surface area contributed by atoms with E-state index in [1.165, 1.54) is 37.1 Å². The number of anilines is 1. The zero-order chi connectivity index (χ0) is 20.1. The van der Waals surface area contributed by atoms with Crippen LogP contribution in [0.2, 0.25) is 0 Å². The molecule has 0 unspecified atom stereocenters. The SMILES string of the molecule is CS(=O)(=O)c1ccc(C(=O)Nc2ccc(C(=O)N3CCCCCC3)cc2)cc1. The molecule has 1 N–H and O–H groups in total. The molecule has 7 heteroatoms. The number of benzene rings is 2. The van der Waals surface area contributed by atoms with E-state index in [4.69, 9.17) is 0 Å². The second-order valence-electron chi connectivity index (χ2n) is 7.03. The molecule has 2 amide bonds. The van der Waals surface area contributed by atoms with Gasteiger partial charge in [-0.1, -0.05) is 12.8 Å². The fourth-order valence-corrected chi connectivity index (χ4v) is 3.84. The Bertz CT molecular complexity index is 943. The monoisotopic (exact) mass is 400 g/mol. The first-order valence-electron chi connectivity index (χ1n) is 9.35. The Labute approximate surface area is 165 Å². The normalized spacial score (nSPS) is 15.0. The highest BCUT2D eigenvalue weighted by Crippen LogP contribution is 2.17. The number of nitrogens with zero attached hydrogens (tertiary/aromatic N) is 1. The average molecular weight is 401 g/mol. The van der Waals surface area contributed by atoms with Gasteiger partial charge in [-0.2, -0.15) is 0 Å². The van der Waals surface area contributed by atoms with Crippen LogP contribution in [0.25, 0.3) is 0 Å². The number of likely N-dealkylation sites (tertiary alicyclic amines) is 1. The maximum absolute atomic E-state index is 12.6. The lowest BCUT2D eigenvalue weighted by atomic mass is 10.1. The Morgan fingerprint density at radius 1 is 0.821 bits per heavy atom. The molecule has 2 aromatic carbocycles. The van der Waals surface area contributed by atoms with Crippen molar-refractivity contribution in [2.45, 2.75) is 30.6 Å². The van der Waals surface area contributed by atoms with Crippen LogP contribution in [0, 0.1) is 0 Å². The van der Waals surface area contributed by atoms with Crippen LogP contribution in [0.3, 0.4) is 0 Å². The number of rotatable bonds is 4. The molecule has 3 rings (SSSR count). The lowest BCUT2D eigenvalue weighted by molar-refractivity contribution is 0.0761. The first-order valence-corrected chi connectivity index (χ1v) is 11.2. The first-order chi connectivity index (χ1) is 13.3. The van der Waals surface area contributed by atoms with Gasteiger partial charge in [0.1, 0.15) is 0 Å². The summed E-state index contributed by atoms with van der Waals surface area (Å²) in [5.74, 6) is -0.317. The first kappa shape index (κ1) is 20.1. The molecule has 0 atom stereocenters. The Morgan fingerprint density at radius 2 is 1.36 bits per heavy atom. The fourth-order valence-electron chi connectivity index (χ4n) is 3.21. The van der Waals surface area contributed by atoms with E-state index in [1.54, 1.807) is 24.3 Å². The minimum atomic E-state index is -3.30. The number of hydrogen-bond donors (Lipinski definition) is 1. The summed E-state index contributed by atoms with van der Waals surface area (Å²) >= 11 is 0. The summed E-state index contributed by atoms with van der Waals surface area (Å²) in [7, 11) is -3.30. The molecule has 1 saturated heterocycles. The van der Waals surface area contributed by atoms with Gasteiger partial charge in [0.25, 0.3) is 11.8 Å². The van der Waals surface area contributed by atoms with Gasteiger partial charge < -0.3 is 10.2 Å². The molecule has 0 aromatic heterocycles. The van der Waals surface area contributed by atoms with Crippen molar-refractivity contribution in [3.05, 3.63) is 59.7 Å². The zero-order valence-corrected chi connectivity index (χ0v) is 16.7. The van der Waals surface area contributed by atoms with Crippen LogP contribution in [0.5, 0.6) is 0 Å². The Morgan fingerprint density at radius 3 is 1.89 bits per heavy atom. The molecular formula is C21H24N2O4S. The number of amides is 2. The van der Waals surface area contributed by atoms with E-state index in [0.717, 1.165) is 32.2 Å². The highest BCUT2D eigenvalue weighted by molar-refractivity contribution is 7.90. The van der Waals surface area contributed by atoms with Crippen LogP contribution in [0.1, 0.15) is 46.4 Å². The lowest BCUT2D eigenvalue weighted by Gasteiger charge is -2.20. The highest BCUT2D eigenvalue weighted by Gasteiger charge is 2.17. The number of nitrogens with one attached hydrogen (secondary N) is 1.